The van der Waals surface area contributed by atoms with Gasteiger partial charge in [-0.3, -0.25) is 9.48 Å². The number of methoxy groups -OCH3 is 1. The van der Waals surface area contributed by atoms with Gasteiger partial charge in [0, 0.05) is 57.0 Å². The topological polar surface area (TPSA) is 96.7 Å². The van der Waals surface area contributed by atoms with Crippen LogP contribution < -0.4 is 5.32 Å². The third-order valence-corrected chi connectivity index (χ3v) is 5.71. The lowest BCUT2D eigenvalue weighted by atomic mass is 9.77. The Balaban J connectivity index is 0.000000396. The van der Waals surface area contributed by atoms with Gasteiger partial charge < -0.3 is 20.1 Å². The van der Waals surface area contributed by atoms with Crippen molar-refractivity contribution in [3.05, 3.63) is 18.0 Å². The SMILES string of the molecule is COCCN1C(=O)CCC12CCC(NCc1cnn(C)c1)CC2.O=C(O)C(F)(F)F. The third-order valence-electron chi connectivity index (χ3n) is 5.71. The summed E-state index contributed by atoms with van der Waals surface area (Å²) in [6.07, 6.45) is 5.09. The molecule has 3 rings (SSSR count). The number of likely N-dealkylation sites (tertiary alicyclic amines) is 1. The average molecular weight is 434 g/mol. The maximum absolute atomic E-state index is 12.2. The molecular weight excluding hydrogens is 405 g/mol. The largest absolute Gasteiger partial charge is 0.490 e. The molecule has 8 nitrogen and oxygen atoms in total. The molecule has 2 aliphatic rings. The van der Waals surface area contributed by atoms with E-state index in [0.29, 0.717) is 25.0 Å². The zero-order valence-corrected chi connectivity index (χ0v) is 17.2. The summed E-state index contributed by atoms with van der Waals surface area (Å²) in [5.41, 5.74) is 1.33. The normalized spacial score (nSPS) is 24.1. The Morgan fingerprint density at radius 2 is 2.00 bits per heavy atom. The molecule has 1 saturated heterocycles. The van der Waals surface area contributed by atoms with Gasteiger partial charge in [0.2, 0.25) is 5.91 Å². The Morgan fingerprint density at radius 1 is 1.37 bits per heavy atom. The average Bonchev–Trinajstić information content (AvgIpc) is 3.23. The second-order valence-corrected chi connectivity index (χ2v) is 7.74. The van der Waals surface area contributed by atoms with Crippen molar-refractivity contribution >= 4 is 11.9 Å². The monoisotopic (exact) mass is 434 g/mol. The van der Waals surface area contributed by atoms with E-state index in [0.717, 1.165) is 45.2 Å². The molecule has 1 spiro atoms. The van der Waals surface area contributed by atoms with E-state index >= 15 is 0 Å². The molecule has 1 amide bonds. The summed E-state index contributed by atoms with van der Waals surface area (Å²) >= 11 is 0. The number of aromatic nitrogens is 2. The van der Waals surface area contributed by atoms with E-state index in [1.807, 2.05) is 17.9 Å². The number of halogens is 3. The van der Waals surface area contributed by atoms with Crippen LogP contribution in [0.5, 0.6) is 0 Å². The zero-order valence-electron chi connectivity index (χ0n) is 17.2. The molecule has 1 aromatic heterocycles. The molecule has 30 heavy (non-hydrogen) atoms. The van der Waals surface area contributed by atoms with Crippen LogP contribution in [-0.4, -0.2) is 69.7 Å². The van der Waals surface area contributed by atoms with Crippen LogP contribution in [0.1, 0.15) is 44.1 Å². The first-order valence-corrected chi connectivity index (χ1v) is 9.88. The Morgan fingerprint density at radius 3 is 2.50 bits per heavy atom. The fourth-order valence-corrected chi connectivity index (χ4v) is 4.12. The lowest BCUT2D eigenvalue weighted by Crippen LogP contribution is -2.51. The maximum Gasteiger partial charge on any atom is 0.490 e. The quantitative estimate of drug-likeness (QED) is 0.712. The predicted octanol–water partition coefficient (Wildman–Crippen LogP) is 2.09. The summed E-state index contributed by atoms with van der Waals surface area (Å²) in [4.78, 5) is 23.2. The van der Waals surface area contributed by atoms with Crippen LogP contribution in [0.2, 0.25) is 0 Å². The minimum absolute atomic E-state index is 0.0993. The first-order chi connectivity index (χ1) is 14.1. The number of carbonyl (C=O) groups is 2. The van der Waals surface area contributed by atoms with Gasteiger partial charge in [-0.05, 0) is 32.1 Å². The molecule has 0 aromatic carbocycles. The van der Waals surface area contributed by atoms with Crippen molar-refractivity contribution < 1.29 is 32.6 Å². The number of aryl methyl sites for hydroxylation is 1. The van der Waals surface area contributed by atoms with E-state index < -0.39 is 12.1 Å². The number of carbonyl (C=O) groups excluding carboxylic acids is 1. The number of rotatable bonds is 6. The molecule has 170 valence electrons. The van der Waals surface area contributed by atoms with Gasteiger partial charge >= 0.3 is 12.1 Å². The molecule has 2 heterocycles. The van der Waals surface area contributed by atoms with Crippen molar-refractivity contribution in [2.45, 2.75) is 62.8 Å². The van der Waals surface area contributed by atoms with Crippen LogP contribution >= 0.6 is 0 Å². The first-order valence-electron chi connectivity index (χ1n) is 9.88. The second-order valence-electron chi connectivity index (χ2n) is 7.74. The molecule has 0 atom stereocenters. The Kier molecular flexibility index (Phi) is 8.25. The van der Waals surface area contributed by atoms with Gasteiger partial charge in [0.25, 0.3) is 0 Å². The fraction of sp³-hybridized carbons (Fsp3) is 0.737. The van der Waals surface area contributed by atoms with E-state index in [-0.39, 0.29) is 5.54 Å². The summed E-state index contributed by atoms with van der Waals surface area (Å²) in [5.74, 6) is -2.45. The standard InChI is InChI=1S/C17H28N4O2.C2HF3O2/c1-20-13-14(12-19-20)11-18-15-3-6-17(7-4-15)8-5-16(22)21(17)9-10-23-2;3-2(4,5)1(6)7/h12-13,15,18H,3-11H2,1-2H3;(H,6,7). The zero-order chi connectivity index (χ0) is 22.4. The Bertz CT molecular complexity index is 715. The number of nitrogens with zero attached hydrogens (tertiary/aromatic N) is 3. The summed E-state index contributed by atoms with van der Waals surface area (Å²) in [5, 5.41) is 15.0. The van der Waals surface area contributed by atoms with Crippen LogP contribution in [0.4, 0.5) is 13.2 Å². The maximum atomic E-state index is 12.2. The van der Waals surface area contributed by atoms with E-state index in [2.05, 4.69) is 21.5 Å². The van der Waals surface area contributed by atoms with Crippen LogP contribution in [-0.2, 0) is 27.9 Å². The van der Waals surface area contributed by atoms with Crippen LogP contribution in [0.25, 0.3) is 0 Å². The lowest BCUT2D eigenvalue weighted by Gasteiger charge is -2.44. The lowest BCUT2D eigenvalue weighted by molar-refractivity contribution is -0.192. The molecule has 0 bridgehead atoms. The Labute approximate surface area is 173 Å². The number of hydrogen-bond acceptors (Lipinski definition) is 5. The molecule has 11 heteroatoms. The van der Waals surface area contributed by atoms with Crippen molar-refractivity contribution in [2.24, 2.45) is 7.05 Å². The molecule has 2 N–H and O–H groups in total. The van der Waals surface area contributed by atoms with Crippen molar-refractivity contribution in [3.8, 4) is 0 Å². The predicted molar refractivity (Wildman–Crippen MR) is 102 cm³/mol. The highest BCUT2D eigenvalue weighted by atomic mass is 19.4. The minimum Gasteiger partial charge on any atom is -0.475 e. The highest BCUT2D eigenvalue weighted by molar-refractivity contribution is 5.79. The summed E-state index contributed by atoms with van der Waals surface area (Å²) in [6.45, 7) is 2.25. The molecule has 0 radical (unpaired) electrons. The van der Waals surface area contributed by atoms with Crippen LogP contribution in [0.3, 0.4) is 0 Å². The number of hydrogen-bond donors (Lipinski definition) is 2. The van der Waals surface area contributed by atoms with Gasteiger partial charge in [0.1, 0.15) is 0 Å². The third kappa shape index (κ3) is 6.43. The van der Waals surface area contributed by atoms with E-state index in [4.69, 9.17) is 14.6 Å². The number of ether oxygens (including phenoxy) is 1. The van der Waals surface area contributed by atoms with Crippen molar-refractivity contribution in [1.82, 2.24) is 20.0 Å². The number of amides is 1. The van der Waals surface area contributed by atoms with Gasteiger partial charge in [0.15, 0.2) is 0 Å². The molecule has 1 saturated carbocycles. The number of carboxylic acids is 1. The molecule has 1 aliphatic carbocycles. The summed E-state index contributed by atoms with van der Waals surface area (Å²) in [6, 6.07) is 0.542. The second kappa shape index (κ2) is 10.3. The molecule has 1 aromatic rings. The van der Waals surface area contributed by atoms with Gasteiger partial charge in [-0.15, -0.1) is 0 Å². The Hall–Kier alpha value is -2.14. The summed E-state index contributed by atoms with van der Waals surface area (Å²) in [7, 11) is 3.64. The van der Waals surface area contributed by atoms with E-state index in [9.17, 15) is 18.0 Å². The summed E-state index contributed by atoms with van der Waals surface area (Å²) < 4.78 is 38.8. The fourth-order valence-electron chi connectivity index (χ4n) is 4.12. The minimum atomic E-state index is -5.08. The molecular formula is C19H29F3N4O4. The number of nitrogens with one attached hydrogen (secondary N) is 1. The van der Waals surface area contributed by atoms with Gasteiger partial charge in [-0.25, -0.2) is 4.79 Å². The van der Waals surface area contributed by atoms with Gasteiger partial charge in [-0.1, -0.05) is 0 Å². The van der Waals surface area contributed by atoms with Crippen LogP contribution in [0, 0.1) is 0 Å². The number of alkyl halides is 3. The smallest absolute Gasteiger partial charge is 0.475 e. The van der Waals surface area contributed by atoms with Gasteiger partial charge in [0.05, 0.1) is 12.8 Å². The van der Waals surface area contributed by atoms with Crippen molar-refractivity contribution in [1.29, 1.82) is 0 Å². The van der Waals surface area contributed by atoms with Crippen molar-refractivity contribution in [3.63, 3.8) is 0 Å². The number of carboxylic acid groups (broad SMARTS) is 1. The first kappa shape index (κ1) is 24.1. The molecule has 2 fully saturated rings. The highest BCUT2D eigenvalue weighted by Crippen LogP contribution is 2.42. The molecule has 1 aliphatic heterocycles. The van der Waals surface area contributed by atoms with Crippen molar-refractivity contribution in [2.75, 3.05) is 20.3 Å². The molecule has 0 unspecified atom stereocenters. The number of aliphatic carboxylic acids is 1. The van der Waals surface area contributed by atoms with E-state index in [1.165, 1.54) is 5.56 Å². The van der Waals surface area contributed by atoms with Crippen LogP contribution in [0.15, 0.2) is 12.4 Å². The van der Waals surface area contributed by atoms with Gasteiger partial charge in [-0.2, -0.15) is 18.3 Å². The highest BCUT2D eigenvalue weighted by Gasteiger charge is 2.46. The van der Waals surface area contributed by atoms with E-state index in [1.54, 1.807) is 7.11 Å².